The van der Waals surface area contributed by atoms with Crippen molar-refractivity contribution >= 4 is 34.1 Å². The van der Waals surface area contributed by atoms with Crippen LogP contribution in [0.2, 0.25) is 0 Å². The summed E-state index contributed by atoms with van der Waals surface area (Å²) in [4.78, 5) is 39.3. The maximum Gasteiger partial charge on any atom is 0.321 e. The lowest BCUT2D eigenvalue weighted by atomic mass is 10.1. The molecule has 2 heterocycles. The van der Waals surface area contributed by atoms with Crippen molar-refractivity contribution < 1.29 is 9.59 Å². The van der Waals surface area contributed by atoms with E-state index in [0.29, 0.717) is 36.1 Å². The summed E-state index contributed by atoms with van der Waals surface area (Å²) >= 11 is 0. The summed E-state index contributed by atoms with van der Waals surface area (Å²) in [7, 11) is 0. The molecule has 1 fully saturated rings. The van der Waals surface area contributed by atoms with Crippen LogP contribution in [-0.4, -0.2) is 34.8 Å². The van der Waals surface area contributed by atoms with Gasteiger partial charge < -0.3 is 10.6 Å². The minimum absolute atomic E-state index is 0.127. The topological polar surface area (TPSA) is 96.3 Å². The van der Waals surface area contributed by atoms with Crippen LogP contribution in [0.25, 0.3) is 10.8 Å². The molecular formula is C23H25N5O3. The number of aromatic nitrogens is 2. The van der Waals surface area contributed by atoms with E-state index >= 15 is 0 Å². The number of unbranched alkanes of at least 4 members (excludes halogenated alkanes) is 2. The maximum absolute atomic E-state index is 13.1. The van der Waals surface area contributed by atoms with Crippen LogP contribution in [0.1, 0.15) is 36.7 Å². The molecule has 0 saturated carbocycles. The Hall–Kier alpha value is -3.68. The molecule has 1 aliphatic heterocycles. The number of fused-ring (bicyclic) bond motifs is 1. The minimum atomic E-state index is -0.382. The van der Waals surface area contributed by atoms with E-state index in [4.69, 9.17) is 0 Å². The Balaban J connectivity index is 1.60. The first-order valence-electron chi connectivity index (χ1n) is 10.5. The standard InChI is InChI=1S/C23H25N5O3/c1-2-3-6-14-28-22(30)19-8-5-4-7-18(19)20(26-28)21(29)25-16-9-11-17(12-10-16)27-15-13-24-23(27)31/h4-5,7-12H,2-3,6,13-15H2,1H3,(H,24,31)(H,25,29). The van der Waals surface area contributed by atoms with Crippen LogP contribution in [-0.2, 0) is 6.54 Å². The zero-order chi connectivity index (χ0) is 21.8. The highest BCUT2D eigenvalue weighted by Gasteiger charge is 2.21. The van der Waals surface area contributed by atoms with Gasteiger partial charge in [-0.15, -0.1) is 0 Å². The molecule has 8 nitrogen and oxygen atoms in total. The highest BCUT2D eigenvalue weighted by molar-refractivity contribution is 6.11. The lowest BCUT2D eigenvalue weighted by molar-refractivity contribution is 0.102. The first-order chi connectivity index (χ1) is 15.1. The van der Waals surface area contributed by atoms with Gasteiger partial charge in [-0.1, -0.05) is 38.0 Å². The minimum Gasteiger partial charge on any atom is -0.336 e. The predicted octanol–water partition coefficient (Wildman–Crippen LogP) is 3.37. The number of anilines is 2. The van der Waals surface area contributed by atoms with Crippen LogP contribution < -0.4 is 21.1 Å². The maximum atomic E-state index is 13.1. The fourth-order valence-corrected chi connectivity index (χ4v) is 3.70. The van der Waals surface area contributed by atoms with Crippen molar-refractivity contribution in [2.24, 2.45) is 0 Å². The van der Waals surface area contributed by atoms with Gasteiger partial charge in [-0.25, -0.2) is 9.48 Å². The van der Waals surface area contributed by atoms with Crippen molar-refractivity contribution in [1.82, 2.24) is 15.1 Å². The number of carbonyl (C=O) groups excluding carboxylic acids is 2. The third kappa shape index (κ3) is 4.28. The van der Waals surface area contributed by atoms with E-state index in [9.17, 15) is 14.4 Å². The molecule has 3 aromatic rings. The van der Waals surface area contributed by atoms with Crippen LogP contribution in [0, 0.1) is 0 Å². The van der Waals surface area contributed by atoms with Crippen molar-refractivity contribution in [3.8, 4) is 0 Å². The Morgan fingerprint density at radius 3 is 2.48 bits per heavy atom. The summed E-state index contributed by atoms with van der Waals surface area (Å²) in [6, 6.07) is 14.0. The van der Waals surface area contributed by atoms with E-state index in [-0.39, 0.29) is 23.2 Å². The van der Waals surface area contributed by atoms with Crippen LogP contribution in [0.5, 0.6) is 0 Å². The number of benzene rings is 2. The number of nitrogens with one attached hydrogen (secondary N) is 2. The predicted molar refractivity (Wildman–Crippen MR) is 121 cm³/mol. The number of carbonyl (C=O) groups is 2. The van der Waals surface area contributed by atoms with Gasteiger partial charge in [0.25, 0.3) is 11.5 Å². The monoisotopic (exact) mass is 419 g/mol. The summed E-state index contributed by atoms with van der Waals surface area (Å²) in [6.07, 6.45) is 2.85. The third-order valence-corrected chi connectivity index (χ3v) is 5.35. The van der Waals surface area contributed by atoms with Crippen molar-refractivity contribution in [2.75, 3.05) is 23.3 Å². The summed E-state index contributed by atoms with van der Waals surface area (Å²) in [5.41, 5.74) is 1.38. The molecule has 0 aliphatic carbocycles. The van der Waals surface area contributed by atoms with E-state index in [1.807, 2.05) is 0 Å². The Morgan fingerprint density at radius 2 is 1.81 bits per heavy atom. The third-order valence-electron chi connectivity index (χ3n) is 5.35. The van der Waals surface area contributed by atoms with Crippen molar-refractivity contribution in [2.45, 2.75) is 32.7 Å². The number of nitrogens with zero attached hydrogens (tertiary/aromatic N) is 3. The molecule has 31 heavy (non-hydrogen) atoms. The molecule has 0 bridgehead atoms. The van der Waals surface area contributed by atoms with Gasteiger partial charge in [0.15, 0.2) is 5.69 Å². The zero-order valence-corrected chi connectivity index (χ0v) is 17.4. The highest BCUT2D eigenvalue weighted by Crippen LogP contribution is 2.21. The van der Waals surface area contributed by atoms with Gasteiger partial charge in [-0.3, -0.25) is 14.5 Å². The Bertz CT molecular complexity index is 1170. The Morgan fingerprint density at radius 1 is 1.06 bits per heavy atom. The van der Waals surface area contributed by atoms with Gasteiger partial charge in [0.1, 0.15) is 0 Å². The second-order valence-corrected chi connectivity index (χ2v) is 7.51. The molecular weight excluding hydrogens is 394 g/mol. The summed E-state index contributed by atoms with van der Waals surface area (Å²) in [5.74, 6) is -0.382. The van der Waals surface area contributed by atoms with E-state index in [1.165, 1.54) is 4.68 Å². The molecule has 0 spiro atoms. The van der Waals surface area contributed by atoms with Gasteiger partial charge in [0.2, 0.25) is 0 Å². The lowest BCUT2D eigenvalue weighted by Crippen LogP contribution is -2.28. The molecule has 3 amide bonds. The Kier molecular flexibility index (Phi) is 5.97. The zero-order valence-electron chi connectivity index (χ0n) is 17.4. The number of hydrogen-bond acceptors (Lipinski definition) is 4. The van der Waals surface area contributed by atoms with Crippen LogP contribution in [0.4, 0.5) is 16.2 Å². The Labute approximate surface area is 179 Å². The van der Waals surface area contributed by atoms with Crippen LogP contribution >= 0.6 is 0 Å². The van der Waals surface area contributed by atoms with Crippen LogP contribution in [0.15, 0.2) is 53.3 Å². The smallest absolute Gasteiger partial charge is 0.321 e. The molecule has 1 aliphatic rings. The summed E-state index contributed by atoms with van der Waals surface area (Å²) < 4.78 is 1.39. The molecule has 1 saturated heterocycles. The number of hydrogen-bond donors (Lipinski definition) is 2. The average Bonchev–Trinajstić information content (AvgIpc) is 3.22. The first-order valence-corrected chi connectivity index (χ1v) is 10.5. The van der Waals surface area contributed by atoms with Crippen molar-refractivity contribution in [3.05, 3.63) is 64.6 Å². The fourth-order valence-electron chi connectivity index (χ4n) is 3.70. The lowest BCUT2D eigenvalue weighted by Gasteiger charge is -2.15. The SMILES string of the molecule is CCCCCn1nc(C(=O)Nc2ccc(N3CCNC3=O)cc2)c2ccccc2c1=O. The van der Waals surface area contributed by atoms with Gasteiger partial charge in [0, 0.05) is 36.4 Å². The fraction of sp³-hybridized carbons (Fsp3) is 0.304. The van der Waals surface area contributed by atoms with Crippen molar-refractivity contribution in [1.29, 1.82) is 0 Å². The normalized spacial score (nSPS) is 13.5. The van der Waals surface area contributed by atoms with E-state index in [2.05, 4.69) is 22.7 Å². The molecule has 2 N–H and O–H groups in total. The van der Waals surface area contributed by atoms with Gasteiger partial charge in [-0.05, 0) is 36.8 Å². The molecule has 0 atom stereocenters. The molecule has 4 rings (SSSR count). The first kappa shape index (κ1) is 20.6. The van der Waals surface area contributed by atoms with E-state index in [1.54, 1.807) is 53.4 Å². The number of urea groups is 1. The molecule has 160 valence electrons. The van der Waals surface area contributed by atoms with Gasteiger partial charge in [-0.2, -0.15) is 5.10 Å². The molecule has 0 unspecified atom stereocenters. The van der Waals surface area contributed by atoms with E-state index < -0.39 is 0 Å². The second kappa shape index (κ2) is 8.99. The second-order valence-electron chi connectivity index (χ2n) is 7.51. The van der Waals surface area contributed by atoms with Crippen molar-refractivity contribution in [3.63, 3.8) is 0 Å². The van der Waals surface area contributed by atoms with Gasteiger partial charge >= 0.3 is 6.03 Å². The van der Waals surface area contributed by atoms with Crippen LogP contribution in [0.3, 0.4) is 0 Å². The average molecular weight is 419 g/mol. The molecule has 2 aromatic carbocycles. The summed E-state index contributed by atoms with van der Waals surface area (Å²) in [6.45, 7) is 3.80. The van der Waals surface area contributed by atoms with Gasteiger partial charge in [0.05, 0.1) is 5.39 Å². The summed E-state index contributed by atoms with van der Waals surface area (Å²) in [5, 5.41) is 11.0. The highest BCUT2D eigenvalue weighted by atomic mass is 16.2. The largest absolute Gasteiger partial charge is 0.336 e. The number of rotatable bonds is 7. The molecule has 0 radical (unpaired) electrons. The molecule has 1 aromatic heterocycles. The number of amides is 3. The molecule has 8 heteroatoms. The number of aryl methyl sites for hydroxylation is 1. The van der Waals surface area contributed by atoms with E-state index in [0.717, 1.165) is 24.9 Å². The quantitative estimate of drug-likeness (QED) is 0.574.